The average molecular weight is 229 g/mol. The molecule has 1 rings (SSSR count). The molecule has 1 atom stereocenters. The Morgan fingerprint density at radius 3 is 2.67 bits per heavy atom. The number of benzene rings is 1. The van der Waals surface area contributed by atoms with Crippen molar-refractivity contribution in [2.75, 3.05) is 7.11 Å². The van der Waals surface area contributed by atoms with E-state index in [1.165, 1.54) is 7.11 Å². The first-order valence-electron chi connectivity index (χ1n) is 4.55. The van der Waals surface area contributed by atoms with Crippen LogP contribution in [0.2, 0.25) is 5.02 Å². The molecule has 0 unspecified atom stereocenters. The maximum absolute atomic E-state index is 11.1. The van der Waals surface area contributed by atoms with E-state index in [9.17, 15) is 4.79 Å². The number of carbonyl (C=O) groups is 1. The van der Waals surface area contributed by atoms with Gasteiger partial charge in [0.05, 0.1) is 12.1 Å². The Balaban J connectivity index is 2.76. The molecule has 15 heavy (non-hydrogen) atoms. The third kappa shape index (κ3) is 3.13. The molecule has 0 saturated carbocycles. The Bertz CT molecular complexity index is 363. The summed E-state index contributed by atoms with van der Waals surface area (Å²) in [4.78, 5) is 11.1. The SMILES string of the molecule is COC(=O)[C@@H](C)Oc1ccc(C)cc1Cl. The molecule has 0 fully saturated rings. The zero-order chi connectivity index (χ0) is 11.4. The van der Waals surface area contributed by atoms with E-state index in [1.54, 1.807) is 19.1 Å². The van der Waals surface area contributed by atoms with Gasteiger partial charge in [0.15, 0.2) is 6.10 Å². The Kier molecular flexibility index (Phi) is 3.97. The number of carbonyl (C=O) groups excluding carboxylic acids is 1. The summed E-state index contributed by atoms with van der Waals surface area (Å²) in [6, 6.07) is 5.38. The van der Waals surface area contributed by atoms with Gasteiger partial charge in [-0.05, 0) is 31.5 Å². The van der Waals surface area contributed by atoms with Gasteiger partial charge in [0, 0.05) is 0 Å². The van der Waals surface area contributed by atoms with Gasteiger partial charge in [0.1, 0.15) is 5.75 Å². The smallest absolute Gasteiger partial charge is 0.346 e. The number of hydrogen-bond donors (Lipinski definition) is 0. The molecule has 3 nitrogen and oxygen atoms in total. The molecule has 1 aromatic rings. The van der Waals surface area contributed by atoms with Gasteiger partial charge in [0.25, 0.3) is 0 Å². The first-order valence-corrected chi connectivity index (χ1v) is 4.93. The molecule has 0 radical (unpaired) electrons. The molecule has 0 aromatic heterocycles. The topological polar surface area (TPSA) is 35.5 Å². The molecule has 0 aliphatic heterocycles. The van der Waals surface area contributed by atoms with Gasteiger partial charge >= 0.3 is 5.97 Å². The second-order valence-corrected chi connectivity index (χ2v) is 3.62. The quantitative estimate of drug-likeness (QED) is 0.746. The van der Waals surface area contributed by atoms with E-state index in [0.29, 0.717) is 10.8 Å². The Hall–Kier alpha value is -1.22. The van der Waals surface area contributed by atoms with Crippen molar-refractivity contribution in [3.63, 3.8) is 0 Å². The van der Waals surface area contributed by atoms with Crippen LogP contribution in [0, 0.1) is 6.92 Å². The number of ether oxygens (including phenoxy) is 2. The maximum atomic E-state index is 11.1. The van der Waals surface area contributed by atoms with Crippen LogP contribution >= 0.6 is 11.6 Å². The van der Waals surface area contributed by atoms with Crippen molar-refractivity contribution in [2.45, 2.75) is 20.0 Å². The molecule has 0 amide bonds. The molecule has 0 aliphatic carbocycles. The van der Waals surface area contributed by atoms with Crippen LogP contribution in [0.15, 0.2) is 18.2 Å². The van der Waals surface area contributed by atoms with Crippen LogP contribution in [0.5, 0.6) is 5.75 Å². The second kappa shape index (κ2) is 5.03. The lowest BCUT2D eigenvalue weighted by atomic mass is 10.2. The van der Waals surface area contributed by atoms with Crippen molar-refractivity contribution in [3.8, 4) is 5.75 Å². The van der Waals surface area contributed by atoms with Crippen LogP contribution in [-0.2, 0) is 9.53 Å². The molecular formula is C11H13ClO3. The molecule has 82 valence electrons. The van der Waals surface area contributed by atoms with Crippen LogP contribution in [0.25, 0.3) is 0 Å². The zero-order valence-corrected chi connectivity index (χ0v) is 9.67. The number of esters is 1. The van der Waals surface area contributed by atoms with Crippen LogP contribution in [0.4, 0.5) is 0 Å². The predicted molar refractivity (Wildman–Crippen MR) is 58.3 cm³/mol. The number of rotatable bonds is 3. The Morgan fingerprint density at radius 1 is 1.47 bits per heavy atom. The summed E-state index contributed by atoms with van der Waals surface area (Å²) < 4.78 is 9.89. The highest BCUT2D eigenvalue weighted by atomic mass is 35.5. The van der Waals surface area contributed by atoms with Crippen molar-refractivity contribution < 1.29 is 14.3 Å². The van der Waals surface area contributed by atoms with Gasteiger partial charge in [-0.25, -0.2) is 4.79 Å². The molecule has 0 aliphatic rings. The lowest BCUT2D eigenvalue weighted by Crippen LogP contribution is -2.24. The van der Waals surface area contributed by atoms with Gasteiger partial charge in [0.2, 0.25) is 0 Å². The molecule has 4 heteroatoms. The molecule has 0 N–H and O–H groups in total. The molecule has 0 spiro atoms. The summed E-state index contributed by atoms with van der Waals surface area (Å²) in [6.45, 7) is 3.54. The van der Waals surface area contributed by atoms with Gasteiger partial charge in [-0.2, -0.15) is 0 Å². The second-order valence-electron chi connectivity index (χ2n) is 3.22. The summed E-state index contributed by atoms with van der Waals surface area (Å²) >= 11 is 5.94. The summed E-state index contributed by atoms with van der Waals surface area (Å²) in [5.74, 6) is 0.0619. The van der Waals surface area contributed by atoms with Gasteiger partial charge in [-0.1, -0.05) is 17.7 Å². The van der Waals surface area contributed by atoms with Crippen LogP contribution < -0.4 is 4.74 Å². The highest BCUT2D eigenvalue weighted by Crippen LogP contribution is 2.26. The Morgan fingerprint density at radius 2 is 2.13 bits per heavy atom. The fourth-order valence-corrected chi connectivity index (χ4v) is 1.39. The lowest BCUT2D eigenvalue weighted by molar-refractivity contribution is -0.147. The van der Waals surface area contributed by atoms with Gasteiger partial charge in [-0.15, -0.1) is 0 Å². The summed E-state index contributed by atoms with van der Waals surface area (Å²) in [5, 5.41) is 0.491. The van der Waals surface area contributed by atoms with Crippen LogP contribution in [0.3, 0.4) is 0 Å². The van der Waals surface area contributed by atoms with Crippen LogP contribution in [0.1, 0.15) is 12.5 Å². The number of methoxy groups -OCH3 is 1. The predicted octanol–water partition coefficient (Wildman–Crippen LogP) is 2.59. The fourth-order valence-electron chi connectivity index (χ4n) is 1.11. The summed E-state index contributed by atoms with van der Waals surface area (Å²) in [5.41, 5.74) is 1.04. The fraction of sp³-hybridized carbons (Fsp3) is 0.364. The van der Waals surface area contributed by atoms with E-state index in [-0.39, 0.29) is 0 Å². The third-order valence-electron chi connectivity index (χ3n) is 1.92. The monoisotopic (exact) mass is 228 g/mol. The highest BCUT2D eigenvalue weighted by Gasteiger charge is 2.15. The van der Waals surface area contributed by atoms with Gasteiger partial charge < -0.3 is 9.47 Å². The van der Waals surface area contributed by atoms with Crippen molar-refractivity contribution in [1.82, 2.24) is 0 Å². The molecule has 0 saturated heterocycles. The standard InChI is InChI=1S/C11H13ClO3/c1-7-4-5-10(9(12)6-7)15-8(2)11(13)14-3/h4-6,8H,1-3H3/t8-/m1/s1. The first kappa shape index (κ1) is 11.9. The Labute approximate surface area is 93.9 Å². The van der Waals surface area contributed by atoms with Crippen molar-refractivity contribution in [1.29, 1.82) is 0 Å². The number of hydrogen-bond acceptors (Lipinski definition) is 3. The normalized spacial score (nSPS) is 12.0. The minimum Gasteiger partial charge on any atom is -0.477 e. The molecule has 0 bridgehead atoms. The average Bonchev–Trinajstić information content (AvgIpc) is 2.20. The zero-order valence-electron chi connectivity index (χ0n) is 8.91. The largest absolute Gasteiger partial charge is 0.477 e. The molecule has 1 aromatic carbocycles. The minimum atomic E-state index is -0.657. The van der Waals surface area contributed by atoms with E-state index < -0.39 is 12.1 Å². The van der Waals surface area contributed by atoms with Crippen molar-refractivity contribution in [2.24, 2.45) is 0 Å². The number of halogens is 1. The van der Waals surface area contributed by atoms with Gasteiger partial charge in [-0.3, -0.25) is 0 Å². The third-order valence-corrected chi connectivity index (χ3v) is 2.22. The first-order chi connectivity index (χ1) is 7.04. The molecule has 0 heterocycles. The molecular weight excluding hydrogens is 216 g/mol. The van der Waals surface area contributed by atoms with Crippen LogP contribution in [-0.4, -0.2) is 19.2 Å². The minimum absolute atomic E-state index is 0.424. The van der Waals surface area contributed by atoms with E-state index >= 15 is 0 Å². The van der Waals surface area contributed by atoms with E-state index in [0.717, 1.165) is 5.56 Å². The summed E-state index contributed by atoms with van der Waals surface area (Å²) in [6.07, 6.45) is -0.657. The number of aryl methyl sites for hydroxylation is 1. The maximum Gasteiger partial charge on any atom is 0.346 e. The van der Waals surface area contributed by atoms with Crippen molar-refractivity contribution >= 4 is 17.6 Å². The van der Waals surface area contributed by atoms with Crippen molar-refractivity contribution in [3.05, 3.63) is 28.8 Å². The van der Waals surface area contributed by atoms with E-state index in [4.69, 9.17) is 16.3 Å². The van der Waals surface area contributed by atoms with E-state index in [1.807, 2.05) is 13.0 Å². The summed E-state index contributed by atoms with van der Waals surface area (Å²) in [7, 11) is 1.32. The lowest BCUT2D eigenvalue weighted by Gasteiger charge is -2.13. The highest BCUT2D eigenvalue weighted by molar-refractivity contribution is 6.32. The van der Waals surface area contributed by atoms with E-state index in [2.05, 4.69) is 4.74 Å².